The molecule has 0 spiro atoms. The predicted octanol–water partition coefficient (Wildman–Crippen LogP) is 7.54. The fourth-order valence-electron chi connectivity index (χ4n) is 4.98. The minimum Gasteiger partial charge on any atom is -0.361 e. The number of nitrogens with zero attached hydrogens (tertiary/aromatic N) is 1. The molecule has 164 valence electrons. The lowest BCUT2D eigenvalue weighted by molar-refractivity contribution is 0.431. The lowest BCUT2D eigenvalue weighted by Crippen LogP contribution is -1.94. The molecule has 0 aliphatic rings. The third kappa shape index (κ3) is 3.02. The van der Waals surface area contributed by atoms with E-state index in [9.17, 15) is 4.39 Å². The van der Waals surface area contributed by atoms with Crippen LogP contribution in [0.3, 0.4) is 0 Å². The molecule has 2 aromatic carbocycles. The highest BCUT2D eigenvalue weighted by Gasteiger charge is 2.24. The molecule has 0 atom stereocenters. The van der Waals surface area contributed by atoms with E-state index in [2.05, 4.69) is 65.1 Å². The number of H-pyrrole nitrogens is 3. The summed E-state index contributed by atoms with van der Waals surface area (Å²) in [4.78, 5) is 10.2. The van der Waals surface area contributed by atoms with Crippen molar-refractivity contribution in [3.8, 4) is 33.8 Å². The predicted molar refractivity (Wildman–Crippen MR) is 130 cm³/mol. The number of nitrogens with one attached hydrogen (secondary N) is 3. The number of benzene rings is 2. The largest absolute Gasteiger partial charge is 0.361 e. The molecule has 0 bridgehead atoms. The molecule has 0 fully saturated rings. The Morgan fingerprint density at radius 3 is 2.61 bits per heavy atom. The van der Waals surface area contributed by atoms with Crippen LogP contribution in [0.2, 0.25) is 0 Å². The summed E-state index contributed by atoms with van der Waals surface area (Å²) in [7, 11) is 0. The van der Waals surface area contributed by atoms with E-state index in [0.29, 0.717) is 5.76 Å². The third-order valence-corrected chi connectivity index (χ3v) is 6.34. The van der Waals surface area contributed by atoms with Crippen LogP contribution in [0.4, 0.5) is 4.39 Å². The molecule has 4 aromatic heterocycles. The molecule has 0 saturated heterocycles. The van der Waals surface area contributed by atoms with Gasteiger partial charge in [0.05, 0.1) is 17.6 Å². The fourth-order valence-corrected chi connectivity index (χ4v) is 4.98. The van der Waals surface area contributed by atoms with E-state index in [1.165, 1.54) is 11.6 Å². The summed E-state index contributed by atoms with van der Waals surface area (Å²) < 4.78 is 19.9. The molecule has 0 amide bonds. The van der Waals surface area contributed by atoms with Gasteiger partial charge in [0, 0.05) is 50.9 Å². The van der Waals surface area contributed by atoms with Crippen molar-refractivity contribution < 1.29 is 8.91 Å². The number of aromatic amines is 3. The van der Waals surface area contributed by atoms with Crippen LogP contribution < -0.4 is 0 Å². The van der Waals surface area contributed by atoms with Crippen LogP contribution in [0, 0.1) is 12.7 Å². The van der Waals surface area contributed by atoms with Crippen molar-refractivity contribution in [1.82, 2.24) is 20.1 Å². The summed E-state index contributed by atoms with van der Waals surface area (Å²) in [6.45, 7) is 6.45. The molecule has 0 aliphatic heterocycles. The minimum absolute atomic E-state index is 0.222. The van der Waals surface area contributed by atoms with Crippen molar-refractivity contribution in [1.29, 1.82) is 0 Å². The van der Waals surface area contributed by atoms with Crippen LogP contribution in [0.1, 0.15) is 31.0 Å². The van der Waals surface area contributed by atoms with Gasteiger partial charge >= 0.3 is 0 Å². The first kappa shape index (κ1) is 19.6. The SMILES string of the molecule is Cc1[nH]c(-c2cc(F)cc3[nH]ccc23)c(C(C)C)c1-c1cccc2[nH]c(-c3ccno3)cc12. The average Bonchev–Trinajstić information content (AvgIpc) is 3.56. The number of hydrogen-bond donors (Lipinski definition) is 3. The molecule has 6 aromatic rings. The van der Waals surface area contributed by atoms with Crippen molar-refractivity contribution in [3.63, 3.8) is 0 Å². The number of aromatic nitrogens is 4. The van der Waals surface area contributed by atoms with E-state index in [-0.39, 0.29) is 11.7 Å². The number of hydrogen-bond acceptors (Lipinski definition) is 2. The zero-order valence-electron chi connectivity index (χ0n) is 18.6. The Labute approximate surface area is 189 Å². The minimum atomic E-state index is -0.257. The molecule has 33 heavy (non-hydrogen) atoms. The van der Waals surface area contributed by atoms with Gasteiger partial charge in [-0.1, -0.05) is 31.1 Å². The first-order valence-electron chi connectivity index (χ1n) is 11.0. The van der Waals surface area contributed by atoms with E-state index < -0.39 is 0 Å². The highest BCUT2D eigenvalue weighted by molar-refractivity contribution is 6.02. The van der Waals surface area contributed by atoms with Gasteiger partial charge < -0.3 is 19.5 Å². The van der Waals surface area contributed by atoms with Crippen molar-refractivity contribution in [2.45, 2.75) is 26.7 Å². The Bertz CT molecular complexity index is 1620. The molecular formula is C27H23FN4O. The van der Waals surface area contributed by atoms with Crippen LogP contribution >= 0.6 is 0 Å². The van der Waals surface area contributed by atoms with Crippen LogP contribution in [0.25, 0.3) is 55.6 Å². The normalized spacial score (nSPS) is 11.9. The van der Waals surface area contributed by atoms with Crippen LogP contribution in [-0.2, 0) is 0 Å². The number of aryl methyl sites for hydroxylation is 1. The summed E-state index contributed by atoms with van der Waals surface area (Å²) in [6, 6.07) is 15.4. The Morgan fingerprint density at radius 1 is 0.939 bits per heavy atom. The highest BCUT2D eigenvalue weighted by Crippen LogP contribution is 2.44. The van der Waals surface area contributed by atoms with E-state index in [1.54, 1.807) is 12.3 Å². The topological polar surface area (TPSA) is 73.4 Å². The summed E-state index contributed by atoms with van der Waals surface area (Å²) >= 11 is 0. The summed E-state index contributed by atoms with van der Waals surface area (Å²) in [5.41, 5.74) is 9.03. The van der Waals surface area contributed by atoms with Crippen molar-refractivity contribution in [3.05, 3.63) is 78.0 Å². The van der Waals surface area contributed by atoms with E-state index in [1.807, 2.05) is 18.3 Å². The lowest BCUT2D eigenvalue weighted by Gasteiger charge is -2.14. The van der Waals surface area contributed by atoms with Gasteiger partial charge in [-0.2, -0.15) is 0 Å². The second-order valence-corrected chi connectivity index (χ2v) is 8.79. The Hall–Kier alpha value is -4.06. The maximum absolute atomic E-state index is 14.5. The molecule has 0 radical (unpaired) electrons. The van der Waals surface area contributed by atoms with Crippen molar-refractivity contribution >= 4 is 21.8 Å². The van der Waals surface area contributed by atoms with E-state index in [4.69, 9.17) is 4.52 Å². The van der Waals surface area contributed by atoms with Gasteiger partial charge in [-0.15, -0.1) is 0 Å². The third-order valence-electron chi connectivity index (χ3n) is 6.34. The van der Waals surface area contributed by atoms with E-state index in [0.717, 1.165) is 55.6 Å². The van der Waals surface area contributed by atoms with Crippen molar-refractivity contribution in [2.24, 2.45) is 0 Å². The first-order valence-corrected chi connectivity index (χ1v) is 11.0. The second kappa shape index (κ2) is 7.24. The molecule has 5 nitrogen and oxygen atoms in total. The monoisotopic (exact) mass is 438 g/mol. The smallest absolute Gasteiger partial charge is 0.183 e. The number of rotatable bonds is 4. The molecule has 0 unspecified atom stereocenters. The molecule has 3 N–H and O–H groups in total. The van der Waals surface area contributed by atoms with Crippen LogP contribution in [0.5, 0.6) is 0 Å². The van der Waals surface area contributed by atoms with Crippen molar-refractivity contribution in [2.75, 3.05) is 0 Å². The summed E-state index contributed by atoms with van der Waals surface area (Å²) in [5.74, 6) is 0.662. The van der Waals surface area contributed by atoms with Crippen LogP contribution in [-0.4, -0.2) is 20.1 Å². The fraction of sp³-hybridized carbons (Fsp3) is 0.148. The van der Waals surface area contributed by atoms with Gasteiger partial charge in [0.25, 0.3) is 0 Å². The number of fused-ring (bicyclic) bond motifs is 2. The Balaban J connectivity index is 1.63. The standard InChI is InChI=1S/C27H23FN4O/c1-14(2)25-26(15(3)31-27(25)20-11-16(28)12-22-17(20)7-9-29-22)18-5-4-6-21-19(18)13-23(32-21)24-8-10-30-33-24/h4-14,29,31-32H,1-3H3. The van der Waals surface area contributed by atoms with Gasteiger partial charge in [0.2, 0.25) is 0 Å². The van der Waals surface area contributed by atoms with Gasteiger partial charge in [-0.05, 0) is 54.3 Å². The molecule has 6 rings (SSSR count). The maximum atomic E-state index is 14.5. The van der Waals surface area contributed by atoms with Gasteiger partial charge in [-0.25, -0.2) is 4.39 Å². The molecular weight excluding hydrogens is 415 g/mol. The second-order valence-electron chi connectivity index (χ2n) is 8.79. The quantitative estimate of drug-likeness (QED) is 0.266. The average molecular weight is 439 g/mol. The first-order chi connectivity index (χ1) is 16.0. The molecule has 6 heteroatoms. The van der Waals surface area contributed by atoms with Crippen LogP contribution in [0.15, 0.2) is 65.4 Å². The molecule has 4 heterocycles. The highest BCUT2D eigenvalue weighted by atomic mass is 19.1. The van der Waals surface area contributed by atoms with Gasteiger partial charge in [-0.3, -0.25) is 0 Å². The Kier molecular flexibility index (Phi) is 4.30. The zero-order valence-corrected chi connectivity index (χ0v) is 18.6. The summed E-state index contributed by atoms with van der Waals surface area (Å²) in [6.07, 6.45) is 3.49. The molecule has 0 aliphatic carbocycles. The lowest BCUT2D eigenvalue weighted by atomic mass is 9.89. The zero-order chi connectivity index (χ0) is 22.7. The van der Waals surface area contributed by atoms with E-state index >= 15 is 0 Å². The number of halogens is 1. The van der Waals surface area contributed by atoms with Gasteiger partial charge in [0.15, 0.2) is 5.76 Å². The Morgan fingerprint density at radius 2 is 1.82 bits per heavy atom. The maximum Gasteiger partial charge on any atom is 0.183 e. The van der Waals surface area contributed by atoms with Gasteiger partial charge in [0.1, 0.15) is 5.82 Å². The summed E-state index contributed by atoms with van der Waals surface area (Å²) in [5, 5.41) is 5.93. The molecule has 0 saturated carbocycles.